The molecule has 0 radical (unpaired) electrons. The average Bonchev–Trinajstić information content (AvgIpc) is 2.70. The molecule has 134 valence electrons. The van der Waals surface area contributed by atoms with E-state index in [1.165, 1.54) is 55.2 Å². The van der Waals surface area contributed by atoms with Crippen molar-refractivity contribution in [3.63, 3.8) is 0 Å². The van der Waals surface area contributed by atoms with Crippen molar-refractivity contribution in [3.05, 3.63) is 71.8 Å². The highest BCUT2D eigenvalue weighted by atomic mass is 14.3. The van der Waals surface area contributed by atoms with E-state index in [0.717, 1.165) is 17.4 Å². The summed E-state index contributed by atoms with van der Waals surface area (Å²) in [4.78, 5) is 0. The monoisotopic (exact) mass is 342 g/mol. The third-order valence-corrected chi connectivity index (χ3v) is 5.51. The van der Waals surface area contributed by atoms with Gasteiger partial charge in [0.05, 0.1) is 0 Å². The molecule has 1 fully saturated rings. The first-order valence-electron chi connectivity index (χ1n) is 10.1. The van der Waals surface area contributed by atoms with Crippen molar-refractivity contribution in [2.45, 2.75) is 58.3 Å². The normalized spacial score (nSPS) is 19.9. The van der Waals surface area contributed by atoms with Gasteiger partial charge in [-0.25, -0.2) is 0 Å². The quantitative estimate of drug-likeness (QED) is 0.393. The summed E-state index contributed by atoms with van der Waals surface area (Å²) in [5, 5.41) is 0. The van der Waals surface area contributed by atoms with Crippen molar-refractivity contribution in [1.29, 1.82) is 0 Å². The molecule has 0 N–H and O–H groups in total. The lowest BCUT2D eigenvalue weighted by atomic mass is 9.78. The van der Waals surface area contributed by atoms with E-state index in [-0.39, 0.29) is 0 Å². The molecule has 0 atom stereocenters. The third-order valence-electron chi connectivity index (χ3n) is 5.51. The second kappa shape index (κ2) is 9.44. The number of allylic oxidation sites excluding steroid dienone is 2. The van der Waals surface area contributed by atoms with Crippen LogP contribution in [0.25, 0.3) is 11.1 Å². The predicted molar refractivity (Wildman–Crippen MR) is 113 cm³/mol. The molecule has 0 saturated heterocycles. The fraction of sp³-hybridized carbons (Fsp3) is 0.385. The fourth-order valence-corrected chi connectivity index (χ4v) is 3.94. The Morgan fingerprint density at radius 3 is 2.08 bits per heavy atom. The van der Waals surface area contributed by atoms with Crippen LogP contribution < -0.4 is 0 Å². The van der Waals surface area contributed by atoms with Crippen molar-refractivity contribution in [2.24, 2.45) is 5.92 Å². The first-order valence-corrected chi connectivity index (χ1v) is 10.1. The Balaban J connectivity index is 1.60. The van der Waals surface area contributed by atoms with Crippen molar-refractivity contribution in [1.82, 2.24) is 0 Å². The Morgan fingerprint density at radius 2 is 1.50 bits per heavy atom. The molecule has 1 saturated carbocycles. The van der Waals surface area contributed by atoms with Crippen LogP contribution in [-0.4, -0.2) is 0 Å². The molecule has 0 nitrogen and oxygen atoms in total. The minimum Gasteiger partial charge on any atom is -0.101 e. The van der Waals surface area contributed by atoms with Crippen LogP contribution in [0.1, 0.15) is 69.4 Å². The topological polar surface area (TPSA) is 0 Å². The van der Waals surface area contributed by atoms with Gasteiger partial charge in [-0.15, -0.1) is 5.92 Å². The van der Waals surface area contributed by atoms with Gasteiger partial charge in [0.15, 0.2) is 0 Å². The maximum atomic E-state index is 3.10. The molecule has 0 aliphatic heterocycles. The molecule has 0 heterocycles. The number of benzene rings is 2. The van der Waals surface area contributed by atoms with E-state index >= 15 is 0 Å². The van der Waals surface area contributed by atoms with E-state index < -0.39 is 0 Å². The lowest BCUT2D eigenvalue weighted by molar-refractivity contribution is 0.375. The molecule has 0 amide bonds. The summed E-state index contributed by atoms with van der Waals surface area (Å²) in [5.74, 6) is 7.60. The third kappa shape index (κ3) is 4.89. The molecule has 1 aliphatic rings. The van der Waals surface area contributed by atoms with Gasteiger partial charge in [0.2, 0.25) is 0 Å². The maximum absolute atomic E-state index is 3.10. The molecule has 26 heavy (non-hydrogen) atoms. The lowest BCUT2D eigenvalue weighted by Gasteiger charge is -2.27. The minimum absolute atomic E-state index is 0.738. The highest BCUT2D eigenvalue weighted by Gasteiger charge is 2.20. The van der Waals surface area contributed by atoms with Gasteiger partial charge in [0.25, 0.3) is 0 Å². The van der Waals surface area contributed by atoms with E-state index in [1.807, 2.05) is 6.92 Å². The van der Waals surface area contributed by atoms with Gasteiger partial charge in [-0.1, -0.05) is 67.8 Å². The van der Waals surface area contributed by atoms with Crippen LogP contribution in [-0.2, 0) is 0 Å². The highest BCUT2D eigenvalue weighted by Crippen LogP contribution is 2.37. The molecule has 0 spiro atoms. The van der Waals surface area contributed by atoms with Crippen molar-refractivity contribution in [3.8, 4) is 23.0 Å². The van der Waals surface area contributed by atoms with E-state index in [1.54, 1.807) is 0 Å². The van der Waals surface area contributed by atoms with E-state index in [0.29, 0.717) is 0 Å². The second-order valence-corrected chi connectivity index (χ2v) is 7.40. The Kier molecular flexibility index (Phi) is 6.73. The molecule has 0 unspecified atom stereocenters. The molecule has 2 aromatic rings. The number of hydrogen-bond donors (Lipinski definition) is 0. The van der Waals surface area contributed by atoms with E-state index in [9.17, 15) is 0 Å². The molecule has 3 rings (SSSR count). The average molecular weight is 343 g/mol. The maximum Gasteiger partial charge on any atom is 0.0245 e. The summed E-state index contributed by atoms with van der Waals surface area (Å²) in [6.07, 6.45) is 12.7. The fourth-order valence-electron chi connectivity index (χ4n) is 3.94. The Bertz CT molecular complexity index is 758. The number of hydrogen-bond acceptors (Lipinski definition) is 0. The standard InChI is InChI=1S/C26H30/c1-3-5-6-8-22-11-15-24(16-12-22)26-19-17-25(18-20-26)23-13-9-21(7-4-2)10-14-23/h6,8-10,13-14,17-20,22,24H,3,5,11-12,15-16H2,1-2H3. The van der Waals surface area contributed by atoms with Crippen LogP contribution in [0.5, 0.6) is 0 Å². The van der Waals surface area contributed by atoms with Gasteiger partial charge in [-0.05, 0) is 79.7 Å². The number of unbranched alkanes of at least 4 members (excludes halogenated alkanes) is 1. The van der Waals surface area contributed by atoms with Crippen LogP contribution in [0.3, 0.4) is 0 Å². The second-order valence-electron chi connectivity index (χ2n) is 7.40. The smallest absolute Gasteiger partial charge is 0.0245 e. The van der Waals surface area contributed by atoms with Gasteiger partial charge < -0.3 is 0 Å². The van der Waals surface area contributed by atoms with Crippen LogP contribution in [0, 0.1) is 17.8 Å². The predicted octanol–water partition coefficient (Wildman–Crippen LogP) is 7.36. The molecule has 1 aliphatic carbocycles. The zero-order valence-electron chi connectivity index (χ0n) is 16.2. The number of rotatable bonds is 5. The van der Waals surface area contributed by atoms with Crippen LogP contribution in [0.2, 0.25) is 0 Å². The first-order chi connectivity index (χ1) is 12.8. The Labute approximate surface area is 159 Å². The van der Waals surface area contributed by atoms with Crippen LogP contribution in [0.15, 0.2) is 60.7 Å². The van der Waals surface area contributed by atoms with Crippen molar-refractivity contribution in [2.75, 3.05) is 0 Å². The molecular weight excluding hydrogens is 312 g/mol. The first kappa shape index (κ1) is 18.5. The Hall–Kier alpha value is -2.26. The molecular formula is C26H30. The van der Waals surface area contributed by atoms with Gasteiger partial charge >= 0.3 is 0 Å². The van der Waals surface area contributed by atoms with Gasteiger partial charge in [-0.2, -0.15) is 0 Å². The Morgan fingerprint density at radius 1 is 0.885 bits per heavy atom. The summed E-state index contributed by atoms with van der Waals surface area (Å²) in [7, 11) is 0. The summed E-state index contributed by atoms with van der Waals surface area (Å²) in [6, 6.07) is 17.8. The van der Waals surface area contributed by atoms with E-state index in [2.05, 4.69) is 79.4 Å². The van der Waals surface area contributed by atoms with Crippen molar-refractivity contribution >= 4 is 0 Å². The summed E-state index contributed by atoms with van der Waals surface area (Å²) in [5.41, 5.74) is 5.15. The highest BCUT2D eigenvalue weighted by molar-refractivity contribution is 5.64. The van der Waals surface area contributed by atoms with Crippen LogP contribution in [0.4, 0.5) is 0 Å². The van der Waals surface area contributed by atoms with Crippen molar-refractivity contribution < 1.29 is 0 Å². The SMILES string of the molecule is CC#Cc1ccc(-c2ccc(C3CCC(C=CCCC)CC3)cc2)cc1. The molecule has 0 heteroatoms. The minimum atomic E-state index is 0.738. The van der Waals surface area contributed by atoms with Gasteiger partial charge in [0.1, 0.15) is 0 Å². The molecule has 0 bridgehead atoms. The molecule has 2 aromatic carbocycles. The largest absolute Gasteiger partial charge is 0.101 e. The zero-order chi connectivity index (χ0) is 18.2. The lowest BCUT2D eigenvalue weighted by Crippen LogP contribution is -2.11. The summed E-state index contributed by atoms with van der Waals surface area (Å²) < 4.78 is 0. The van der Waals surface area contributed by atoms with Crippen LogP contribution >= 0.6 is 0 Å². The van der Waals surface area contributed by atoms with Gasteiger partial charge in [0, 0.05) is 5.56 Å². The van der Waals surface area contributed by atoms with Gasteiger partial charge in [-0.3, -0.25) is 0 Å². The molecule has 0 aromatic heterocycles. The summed E-state index contributed by atoms with van der Waals surface area (Å²) in [6.45, 7) is 4.13. The summed E-state index contributed by atoms with van der Waals surface area (Å²) >= 11 is 0. The van der Waals surface area contributed by atoms with E-state index in [4.69, 9.17) is 0 Å². The zero-order valence-corrected chi connectivity index (χ0v) is 16.2.